The summed E-state index contributed by atoms with van der Waals surface area (Å²) in [4.78, 5) is 39.9. The van der Waals surface area contributed by atoms with E-state index in [0.29, 0.717) is 0 Å². The monoisotopic (exact) mass is 426 g/mol. The van der Waals surface area contributed by atoms with Crippen LogP contribution >= 0.6 is 0 Å². The van der Waals surface area contributed by atoms with Crippen molar-refractivity contribution < 1.29 is 29.4 Å². The van der Waals surface area contributed by atoms with E-state index in [9.17, 15) is 19.2 Å². The van der Waals surface area contributed by atoms with Gasteiger partial charge in [-0.25, -0.2) is 0 Å². The van der Waals surface area contributed by atoms with Crippen LogP contribution in [0.15, 0.2) is 83.0 Å². The first-order valence-electron chi connectivity index (χ1n) is 9.03. The molecule has 31 heavy (non-hydrogen) atoms. The molecule has 1 aliphatic rings. The Morgan fingerprint density at radius 1 is 0.839 bits per heavy atom. The quantitative estimate of drug-likeness (QED) is 0.406. The van der Waals surface area contributed by atoms with Gasteiger partial charge < -0.3 is 15.9 Å². The fourth-order valence-corrected chi connectivity index (χ4v) is 1.86. The van der Waals surface area contributed by atoms with E-state index >= 15 is 0 Å². The lowest BCUT2D eigenvalue weighted by Gasteiger charge is -2.01. The van der Waals surface area contributed by atoms with Crippen molar-refractivity contribution >= 4 is 35.1 Å². The Morgan fingerprint density at radius 3 is 1.55 bits per heavy atom. The van der Waals surface area contributed by atoms with E-state index < -0.39 is 18.0 Å². The summed E-state index contributed by atoms with van der Waals surface area (Å²) in [5, 5.41) is 26.5. The Kier molecular flexibility index (Phi) is 11.2. The van der Waals surface area contributed by atoms with Crippen molar-refractivity contribution in [3.05, 3.63) is 72.8 Å². The third-order valence-electron chi connectivity index (χ3n) is 3.41. The number of amides is 2. The molecule has 162 valence electrons. The van der Waals surface area contributed by atoms with Gasteiger partial charge in [-0.2, -0.15) is 10.2 Å². The predicted molar refractivity (Wildman–Crippen MR) is 112 cm³/mol. The maximum Gasteiger partial charge on any atom is 0.320 e. The normalized spacial score (nSPS) is 12.8. The van der Waals surface area contributed by atoms with Crippen molar-refractivity contribution in [1.82, 2.24) is 5.32 Å². The molecule has 2 amide bonds. The molecule has 10 heteroatoms. The zero-order chi connectivity index (χ0) is 23.1. The Balaban J connectivity index is 0.000000248. The second kappa shape index (κ2) is 13.9. The predicted octanol–water partition coefficient (Wildman–Crippen LogP) is 2.56. The van der Waals surface area contributed by atoms with E-state index in [2.05, 4.69) is 10.2 Å². The van der Waals surface area contributed by atoms with Crippen LogP contribution in [0.4, 0.5) is 11.4 Å². The topological polar surface area (TPSA) is 172 Å². The summed E-state index contributed by atoms with van der Waals surface area (Å²) in [5.74, 6) is -2.85. The number of aliphatic carboxylic acids is 2. The van der Waals surface area contributed by atoms with Crippen LogP contribution in [0.2, 0.25) is 0 Å². The SMILES string of the molecule is N[C@@H](CCC(=O)O)C(=O)O.O=C1C=CC(=O)N1.c1ccc(N=Nc2ccccc2)cc1. The Labute approximate surface area is 178 Å². The first-order chi connectivity index (χ1) is 14.8. The minimum Gasteiger partial charge on any atom is -0.481 e. The minimum atomic E-state index is -1.17. The van der Waals surface area contributed by atoms with Crippen LogP contribution < -0.4 is 11.1 Å². The van der Waals surface area contributed by atoms with Gasteiger partial charge in [0.2, 0.25) is 0 Å². The lowest BCUT2D eigenvalue weighted by atomic mass is 10.2. The first-order valence-corrected chi connectivity index (χ1v) is 9.03. The molecule has 0 saturated heterocycles. The molecule has 0 saturated carbocycles. The number of carboxylic acids is 2. The molecule has 0 unspecified atom stereocenters. The number of nitrogens with zero attached hydrogens (tertiary/aromatic N) is 2. The zero-order valence-corrected chi connectivity index (χ0v) is 16.4. The average molecular weight is 426 g/mol. The molecule has 0 aliphatic carbocycles. The van der Waals surface area contributed by atoms with Crippen molar-refractivity contribution in [2.45, 2.75) is 18.9 Å². The number of nitrogens with two attached hydrogens (primary N) is 1. The van der Waals surface area contributed by atoms with Crippen molar-refractivity contribution in [2.75, 3.05) is 0 Å². The Hall–Kier alpha value is -4.18. The van der Waals surface area contributed by atoms with Crippen LogP contribution in [0.3, 0.4) is 0 Å². The van der Waals surface area contributed by atoms with Crippen LogP contribution in [0.25, 0.3) is 0 Å². The highest BCUT2D eigenvalue weighted by molar-refractivity contribution is 6.12. The van der Waals surface area contributed by atoms with Crippen LogP contribution in [0, 0.1) is 0 Å². The van der Waals surface area contributed by atoms with Gasteiger partial charge in [0.1, 0.15) is 6.04 Å². The minimum absolute atomic E-state index is 0.0231. The smallest absolute Gasteiger partial charge is 0.320 e. The molecule has 0 spiro atoms. The van der Waals surface area contributed by atoms with Crippen LogP contribution in [0.5, 0.6) is 0 Å². The van der Waals surface area contributed by atoms with Crippen LogP contribution in [-0.4, -0.2) is 40.0 Å². The van der Waals surface area contributed by atoms with Crippen molar-refractivity contribution in [3.8, 4) is 0 Å². The molecule has 0 aromatic heterocycles. The molecule has 10 nitrogen and oxygen atoms in total. The molecule has 2 aromatic rings. The first kappa shape index (κ1) is 24.9. The molecule has 5 N–H and O–H groups in total. The van der Waals surface area contributed by atoms with Crippen LogP contribution in [0.1, 0.15) is 12.8 Å². The second-order valence-electron chi connectivity index (χ2n) is 5.94. The van der Waals surface area contributed by atoms with Gasteiger partial charge in [-0.05, 0) is 30.7 Å². The summed E-state index contributed by atoms with van der Waals surface area (Å²) < 4.78 is 0. The Morgan fingerprint density at radius 2 is 1.26 bits per heavy atom. The molecule has 0 fully saturated rings. The van der Waals surface area contributed by atoms with Crippen molar-refractivity contribution in [3.63, 3.8) is 0 Å². The summed E-state index contributed by atoms with van der Waals surface area (Å²) in [6.45, 7) is 0. The number of carboxylic acid groups (broad SMARTS) is 2. The summed E-state index contributed by atoms with van der Waals surface area (Å²) in [5.41, 5.74) is 6.75. The maximum absolute atomic E-state index is 10.0. The molecule has 1 heterocycles. The number of imide groups is 1. The van der Waals surface area contributed by atoms with Gasteiger partial charge >= 0.3 is 11.9 Å². The summed E-state index contributed by atoms with van der Waals surface area (Å²) in [6.07, 6.45) is 2.17. The lowest BCUT2D eigenvalue weighted by molar-refractivity contribution is -0.140. The van der Waals surface area contributed by atoms with Gasteiger partial charge in [-0.15, -0.1) is 0 Å². The molecular formula is C21H22N4O6. The molecule has 1 atom stereocenters. The fraction of sp³-hybridized carbons (Fsp3) is 0.143. The summed E-state index contributed by atoms with van der Waals surface area (Å²) >= 11 is 0. The van der Waals surface area contributed by atoms with Crippen LogP contribution in [-0.2, 0) is 19.2 Å². The van der Waals surface area contributed by atoms with Gasteiger partial charge in [0.15, 0.2) is 0 Å². The van der Waals surface area contributed by atoms with Gasteiger partial charge in [0.05, 0.1) is 11.4 Å². The number of benzene rings is 2. The third-order valence-corrected chi connectivity index (χ3v) is 3.41. The highest BCUT2D eigenvalue weighted by Gasteiger charge is 2.12. The largest absolute Gasteiger partial charge is 0.481 e. The van der Waals surface area contributed by atoms with Crippen molar-refractivity contribution in [2.24, 2.45) is 16.0 Å². The Bertz CT molecular complexity index is 872. The van der Waals surface area contributed by atoms with Gasteiger partial charge in [-0.1, -0.05) is 36.4 Å². The molecular weight excluding hydrogens is 404 g/mol. The third kappa shape index (κ3) is 12.1. The number of hydrogen-bond donors (Lipinski definition) is 4. The van der Waals surface area contributed by atoms with Gasteiger partial charge in [0.25, 0.3) is 11.8 Å². The zero-order valence-electron chi connectivity index (χ0n) is 16.4. The number of azo groups is 1. The van der Waals surface area contributed by atoms with E-state index in [-0.39, 0.29) is 24.7 Å². The summed E-state index contributed by atoms with van der Waals surface area (Å²) in [6, 6.07) is 18.3. The molecule has 3 rings (SSSR count). The van der Waals surface area contributed by atoms with Gasteiger partial charge in [0, 0.05) is 18.6 Å². The van der Waals surface area contributed by atoms with E-state index in [4.69, 9.17) is 15.9 Å². The number of nitrogens with one attached hydrogen (secondary N) is 1. The lowest BCUT2D eigenvalue weighted by Crippen LogP contribution is -2.30. The average Bonchev–Trinajstić information content (AvgIpc) is 3.15. The highest BCUT2D eigenvalue weighted by Crippen LogP contribution is 2.16. The number of carbonyl (C=O) groups is 4. The highest BCUT2D eigenvalue weighted by atomic mass is 16.4. The number of hydrogen-bond acceptors (Lipinski definition) is 7. The molecule has 0 radical (unpaired) electrons. The van der Waals surface area contributed by atoms with E-state index in [1.165, 1.54) is 12.2 Å². The van der Waals surface area contributed by atoms with Gasteiger partial charge in [-0.3, -0.25) is 24.5 Å². The molecule has 2 aromatic carbocycles. The number of carbonyl (C=O) groups excluding carboxylic acids is 2. The molecule has 1 aliphatic heterocycles. The summed E-state index contributed by atoms with van der Waals surface area (Å²) in [7, 11) is 0. The second-order valence-corrected chi connectivity index (χ2v) is 5.94. The van der Waals surface area contributed by atoms with Crippen molar-refractivity contribution in [1.29, 1.82) is 0 Å². The molecule has 0 bridgehead atoms. The van der Waals surface area contributed by atoms with E-state index in [1.807, 2.05) is 66.0 Å². The maximum atomic E-state index is 10.0. The fourth-order valence-electron chi connectivity index (χ4n) is 1.86. The number of rotatable bonds is 6. The van der Waals surface area contributed by atoms with E-state index in [1.54, 1.807) is 0 Å². The standard InChI is InChI=1S/C12H10N2.C5H9NO4.C4H3NO2/c1-3-7-11(8-4-1)13-14-12-9-5-2-6-10-12;6-3(5(9)10)1-2-4(7)8;6-3-1-2-4(7)5-3/h1-10H;3H,1-2,6H2,(H,7,8)(H,9,10);1-2H,(H,5,6,7)/t;3-;/m.0./s1. The van der Waals surface area contributed by atoms with E-state index in [0.717, 1.165) is 11.4 Å².